The van der Waals surface area contributed by atoms with E-state index >= 15 is 0 Å². The number of carbonyl (C=O) groups is 1. The van der Waals surface area contributed by atoms with Gasteiger partial charge in [0.05, 0.1) is 18.7 Å². The van der Waals surface area contributed by atoms with Crippen molar-refractivity contribution in [1.82, 2.24) is 10.2 Å². The molecule has 0 radical (unpaired) electrons. The van der Waals surface area contributed by atoms with Crippen molar-refractivity contribution in [2.24, 2.45) is 0 Å². The number of urea groups is 1. The zero-order chi connectivity index (χ0) is 16.7. The number of ether oxygens (including phenoxy) is 1. The molecular weight excluding hydrogens is 318 g/mol. The molecule has 3 N–H and O–H groups in total. The Kier molecular flexibility index (Phi) is 6.95. The fraction of sp³-hybridized carbons (Fsp3) is 0.562. The van der Waals surface area contributed by atoms with Gasteiger partial charge in [0.1, 0.15) is 5.75 Å². The molecule has 6 nitrogen and oxygen atoms in total. The number of methoxy groups -OCH3 is 1. The van der Waals surface area contributed by atoms with Gasteiger partial charge in [-0.05, 0) is 37.6 Å². The van der Waals surface area contributed by atoms with Gasteiger partial charge in [0.15, 0.2) is 0 Å². The Bertz CT molecular complexity index is 527. The molecular formula is C16H24ClN3O3. The van der Waals surface area contributed by atoms with Crippen LogP contribution < -0.4 is 15.4 Å². The van der Waals surface area contributed by atoms with Gasteiger partial charge in [0.25, 0.3) is 0 Å². The highest BCUT2D eigenvalue weighted by atomic mass is 35.5. The van der Waals surface area contributed by atoms with Gasteiger partial charge in [-0.2, -0.15) is 0 Å². The lowest BCUT2D eigenvalue weighted by molar-refractivity contribution is 0.0917. The van der Waals surface area contributed by atoms with Crippen molar-refractivity contribution in [2.45, 2.75) is 25.3 Å². The fourth-order valence-electron chi connectivity index (χ4n) is 2.79. The number of hydrogen-bond donors (Lipinski definition) is 3. The molecule has 128 valence electrons. The molecule has 1 heterocycles. The van der Waals surface area contributed by atoms with E-state index in [1.165, 1.54) is 0 Å². The SMILES string of the molecule is COc1ccc(NC(=O)NCCN2CCCC[C@@H]2CO)cc1Cl. The number of nitrogens with one attached hydrogen (secondary N) is 2. The lowest BCUT2D eigenvalue weighted by Crippen LogP contribution is -2.46. The fourth-order valence-corrected chi connectivity index (χ4v) is 3.05. The molecule has 1 aromatic carbocycles. The van der Waals surface area contributed by atoms with E-state index in [4.69, 9.17) is 16.3 Å². The molecule has 1 aromatic rings. The summed E-state index contributed by atoms with van der Waals surface area (Å²) in [6, 6.07) is 5.03. The minimum atomic E-state index is -0.274. The average Bonchev–Trinajstić information content (AvgIpc) is 2.55. The Labute approximate surface area is 141 Å². The van der Waals surface area contributed by atoms with Crippen LogP contribution >= 0.6 is 11.6 Å². The lowest BCUT2D eigenvalue weighted by atomic mass is 10.0. The molecule has 0 saturated carbocycles. The summed E-state index contributed by atoms with van der Waals surface area (Å²) in [5.74, 6) is 0.567. The molecule has 0 bridgehead atoms. The van der Waals surface area contributed by atoms with Crippen LogP contribution in [0.3, 0.4) is 0 Å². The van der Waals surface area contributed by atoms with E-state index < -0.39 is 0 Å². The van der Waals surface area contributed by atoms with Crippen LogP contribution in [0.1, 0.15) is 19.3 Å². The van der Waals surface area contributed by atoms with E-state index in [1.54, 1.807) is 25.3 Å². The van der Waals surface area contributed by atoms with Crippen LogP contribution in [0, 0.1) is 0 Å². The Hall–Kier alpha value is -1.50. The molecule has 7 heteroatoms. The zero-order valence-corrected chi connectivity index (χ0v) is 14.1. The third-order valence-corrected chi connectivity index (χ3v) is 4.35. The summed E-state index contributed by atoms with van der Waals surface area (Å²) < 4.78 is 5.07. The number of benzene rings is 1. The highest BCUT2D eigenvalue weighted by molar-refractivity contribution is 6.32. The van der Waals surface area contributed by atoms with Crippen LogP contribution in [0.2, 0.25) is 5.02 Å². The summed E-state index contributed by atoms with van der Waals surface area (Å²) in [5, 5.41) is 15.4. The number of nitrogens with zero attached hydrogens (tertiary/aromatic N) is 1. The van der Waals surface area contributed by atoms with Crippen molar-refractivity contribution in [2.75, 3.05) is 38.7 Å². The topological polar surface area (TPSA) is 73.8 Å². The molecule has 0 aliphatic carbocycles. The summed E-state index contributed by atoms with van der Waals surface area (Å²) in [7, 11) is 1.54. The van der Waals surface area contributed by atoms with E-state index in [2.05, 4.69) is 15.5 Å². The van der Waals surface area contributed by atoms with E-state index in [9.17, 15) is 9.90 Å². The smallest absolute Gasteiger partial charge is 0.319 e. The average molecular weight is 342 g/mol. The number of hydrogen-bond acceptors (Lipinski definition) is 4. The van der Waals surface area contributed by atoms with Gasteiger partial charge in [-0.3, -0.25) is 4.90 Å². The number of piperidine rings is 1. The first-order chi connectivity index (χ1) is 11.1. The summed E-state index contributed by atoms with van der Waals surface area (Å²) >= 11 is 6.02. The number of amides is 2. The number of carbonyl (C=O) groups excluding carboxylic acids is 1. The molecule has 0 spiro atoms. The van der Waals surface area contributed by atoms with Crippen LogP contribution in [0.25, 0.3) is 0 Å². The van der Waals surface area contributed by atoms with Crippen LogP contribution in [0.15, 0.2) is 18.2 Å². The Morgan fingerprint density at radius 2 is 2.30 bits per heavy atom. The van der Waals surface area contributed by atoms with Gasteiger partial charge in [-0.1, -0.05) is 18.0 Å². The van der Waals surface area contributed by atoms with E-state index in [1.807, 2.05) is 0 Å². The third-order valence-electron chi connectivity index (χ3n) is 4.05. The van der Waals surface area contributed by atoms with Gasteiger partial charge in [-0.15, -0.1) is 0 Å². The largest absolute Gasteiger partial charge is 0.495 e. The van der Waals surface area contributed by atoms with Gasteiger partial charge in [-0.25, -0.2) is 4.79 Å². The van der Waals surface area contributed by atoms with Gasteiger partial charge in [0.2, 0.25) is 0 Å². The molecule has 2 amide bonds. The maximum atomic E-state index is 11.9. The van der Waals surface area contributed by atoms with Crippen molar-refractivity contribution < 1.29 is 14.6 Å². The monoisotopic (exact) mass is 341 g/mol. The highest BCUT2D eigenvalue weighted by Gasteiger charge is 2.20. The molecule has 1 aliphatic heterocycles. The Morgan fingerprint density at radius 1 is 1.48 bits per heavy atom. The maximum Gasteiger partial charge on any atom is 0.319 e. The maximum absolute atomic E-state index is 11.9. The third kappa shape index (κ3) is 5.27. The quantitative estimate of drug-likeness (QED) is 0.742. The molecule has 1 fully saturated rings. The van der Waals surface area contributed by atoms with Crippen LogP contribution in [-0.2, 0) is 0 Å². The van der Waals surface area contributed by atoms with Crippen LogP contribution in [-0.4, -0.2) is 55.4 Å². The van der Waals surface area contributed by atoms with Crippen molar-refractivity contribution in [3.05, 3.63) is 23.2 Å². The van der Waals surface area contributed by atoms with Gasteiger partial charge in [0, 0.05) is 24.8 Å². The second-order valence-corrected chi connectivity index (χ2v) is 6.01. The number of anilines is 1. The standard InChI is InChI=1S/C16H24ClN3O3/c1-23-15-6-5-12(10-14(15)17)19-16(22)18-7-9-20-8-3-2-4-13(20)11-21/h5-6,10,13,21H,2-4,7-9,11H2,1H3,(H2,18,19,22)/t13-/m1/s1. The first kappa shape index (κ1) is 17.8. The first-order valence-corrected chi connectivity index (χ1v) is 8.25. The predicted molar refractivity (Wildman–Crippen MR) is 91.3 cm³/mol. The molecule has 1 saturated heterocycles. The van der Waals surface area contributed by atoms with E-state index in [0.717, 1.165) is 32.4 Å². The van der Waals surface area contributed by atoms with E-state index in [0.29, 0.717) is 23.0 Å². The minimum Gasteiger partial charge on any atom is -0.495 e. The first-order valence-electron chi connectivity index (χ1n) is 7.87. The van der Waals surface area contributed by atoms with Gasteiger partial charge < -0.3 is 20.5 Å². The molecule has 0 unspecified atom stereocenters. The van der Waals surface area contributed by atoms with Crippen molar-refractivity contribution >= 4 is 23.3 Å². The van der Waals surface area contributed by atoms with Crippen LogP contribution in [0.4, 0.5) is 10.5 Å². The second-order valence-electron chi connectivity index (χ2n) is 5.60. The molecule has 1 aliphatic rings. The van der Waals surface area contributed by atoms with Crippen LogP contribution in [0.5, 0.6) is 5.75 Å². The van der Waals surface area contributed by atoms with Gasteiger partial charge >= 0.3 is 6.03 Å². The molecule has 1 atom stereocenters. The van der Waals surface area contributed by atoms with Crippen molar-refractivity contribution in [3.8, 4) is 5.75 Å². The predicted octanol–water partition coefficient (Wildman–Crippen LogP) is 2.32. The lowest BCUT2D eigenvalue weighted by Gasteiger charge is -2.34. The Morgan fingerprint density at radius 3 is 3.00 bits per heavy atom. The number of rotatable bonds is 6. The number of halogens is 1. The second kappa shape index (κ2) is 8.96. The Balaban J connectivity index is 1.75. The number of likely N-dealkylation sites (tertiary alicyclic amines) is 1. The highest BCUT2D eigenvalue weighted by Crippen LogP contribution is 2.27. The van der Waals surface area contributed by atoms with Crippen molar-refractivity contribution in [1.29, 1.82) is 0 Å². The van der Waals surface area contributed by atoms with Crippen molar-refractivity contribution in [3.63, 3.8) is 0 Å². The molecule has 2 rings (SSSR count). The number of aliphatic hydroxyl groups is 1. The molecule has 23 heavy (non-hydrogen) atoms. The number of aliphatic hydroxyl groups excluding tert-OH is 1. The summed E-state index contributed by atoms with van der Waals surface area (Å²) in [4.78, 5) is 14.1. The summed E-state index contributed by atoms with van der Waals surface area (Å²) in [6.07, 6.45) is 3.33. The minimum absolute atomic E-state index is 0.177. The molecule has 0 aromatic heterocycles. The zero-order valence-electron chi connectivity index (χ0n) is 13.3. The normalized spacial score (nSPS) is 18.5. The summed E-state index contributed by atoms with van der Waals surface area (Å²) in [6.45, 7) is 2.42. The van der Waals surface area contributed by atoms with E-state index in [-0.39, 0.29) is 18.7 Å². The summed E-state index contributed by atoms with van der Waals surface area (Å²) in [5.41, 5.74) is 0.611.